The predicted molar refractivity (Wildman–Crippen MR) is 85.3 cm³/mol. The monoisotopic (exact) mass is 379 g/mol. The highest BCUT2D eigenvalue weighted by molar-refractivity contribution is 9.10. The van der Waals surface area contributed by atoms with Crippen molar-refractivity contribution < 1.29 is 18.3 Å². The largest absolute Gasteiger partial charge is 0.435 e. The number of rotatable bonds is 3. The zero-order chi connectivity index (χ0) is 16.2. The van der Waals surface area contributed by atoms with Crippen LogP contribution in [0.1, 0.15) is 18.4 Å². The van der Waals surface area contributed by atoms with Crippen LogP contribution in [-0.2, 0) is 10.2 Å². The standard InChI is InChI=1S/C17H12BrF2NO2/c18-10-4-5-14-13(8-10)17(6-7-17)15(22)21(14)11-2-1-3-12(9-11)23-16(19)20/h1-5,8-9,16H,6-7H2. The molecule has 3 nitrogen and oxygen atoms in total. The summed E-state index contributed by atoms with van der Waals surface area (Å²) in [7, 11) is 0. The number of alkyl halides is 2. The first-order valence-electron chi connectivity index (χ1n) is 7.21. The summed E-state index contributed by atoms with van der Waals surface area (Å²) in [6.07, 6.45) is 1.64. The second-order valence-corrected chi connectivity index (χ2v) is 6.68. The van der Waals surface area contributed by atoms with E-state index in [1.54, 1.807) is 17.0 Å². The van der Waals surface area contributed by atoms with Gasteiger partial charge in [-0.15, -0.1) is 0 Å². The number of fused-ring (bicyclic) bond motifs is 2. The highest BCUT2D eigenvalue weighted by Crippen LogP contribution is 2.59. The minimum Gasteiger partial charge on any atom is -0.435 e. The van der Waals surface area contributed by atoms with Gasteiger partial charge in [0.05, 0.1) is 16.8 Å². The second kappa shape index (κ2) is 5.03. The third kappa shape index (κ3) is 2.24. The Morgan fingerprint density at radius 3 is 2.65 bits per heavy atom. The lowest BCUT2D eigenvalue weighted by Crippen LogP contribution is -2.27. The highest BCUT2D eigenvalue weighted by Gasteiger charge is 2.59. The quantitative estimate of drug-likeness (QED) is 0.769. The van der Waals surface area contributed by atoms with Crippen LogP contribution in [0.5, 0.6) is 5.75 Å². The highest BCUT2D eigenvalue weighted by atomic mass is 79.9. The molecule has 6 heteroatoms. The fourth-order valence-corrected chi connectivity index (χ4v) is 3.55. The maximum absolute atomic E-state index is 12.9. The summed E-state index contributed by atoms with van der Waals surface area (Å²) in [5, 5.41) is 0. The number of carbonyl (C=O) groups is 1. The molecule has 1 fully saturated rings. The summed E-state index contributed by atoms with van der Waals surface area (Å²) >= 11 is 3.45. The van der Waals surface area contributed by atoms with Gasteiger partial charge in [0.1, 0.15) is 5.75 Å². The maximum Gasteiger partial charge on any atom is 0.387 e. The first kappa shape index (κ1) is 14.6. The van der Waals surface area contributed by atoms with Crippen molar-refractivity contribution in [3.8, 4) is 5.75 Å². The van der Waals surface area contributed by atoms with Gasteiger partial charge in [-0.05, 0) is 48.7 Å². The predicted octanol–water partition coefficient (Wildman–Crippen LogP) is 4.76. The fourth-order valence-electron chi connectivity index (χ4n) is 3.19. The number of anilines is 2. The molecule has 0 saturated heterocycles. The number of benzene rings is 2. The maximum atomic E-state index is 12.9. The molecule has 1 spiro atoms. The van der Waals surface area contributed by atoms with E-state index in [9.17, 15) is 13.6 Å². The van der Waals surface area contributed by atoms with Gasteiger partial charge in [-0.1, -0.05) is 22.0 Å². The van der Waals surface area contributed by atoms with Crippen molar-refractivity contribution in [1.82, 2.24) is 0 Å². The van der Waals surface area contributed by atoms with Crippen LogP contribution in [0.15, 0.2) is 46.9 Å². The molecular formula is C17H12BrF2NO2. The molecule has 1 heterocycles. The molecule has 1 amide bonds. The first-order chi connectivity index (χ1) is 11.0. The van der Waals surface area contributed by atoms with E-state index in [1.807, 2.05) is 18.2 Å². The Bertz CT molecular complexity index is 805. The molecule has 23 heavy (non-hydrogen) atoms. The Morgan fingerprint density at radius 2 is 1.96 bits per heavy atom. The van der Waals surface area contributed by atoms with E-state index in [0.717, 1.165) is 28.6 Å². The molecule has 1 aliphatic carbocycles. The van der Waals surface area contributed by atoms with Crippen LogP contribution in [0, 0.1) is 0 Å². The molecule has 1 aliphatic heterocycles. The van der Waals surface area contributed by atoms with Crippen molar-refractivity contribution in [1.29, 1.82) is 0 Å². The van der Waals surface area contributed by atoms with E-state index in [0.29, 0.717) is 5.69 Å². The summed E-state index contributed by atoms with van der Waals surface area (Å²) in [6, 6.07) is 12.0. The number of halogens is 3. The number of amides is 1. The number of ether oxygens (including phenoxy) is 1. The molecule has 0 radical (unpaired) electrons. The van der Waals surface area contributed by atoms with Crippen molar-refractivity contribution in [2.24, 2.45) is 0 Å². The lowest BCUT2D eigenvalue weighted by Gasteiger charge is -2.19. The zero-order valence-electron chi connectivity index (χ0n) is 11.9. The molecule has 1 saturated carbocycles. The fraction of sp³-hybridized carbons (Fsp3) is 0.235. The first-order valence-corrected chi connectivity index (χ1v) is 8.00. The second-order valence-electron chi connectivity index (χ2n) is 5.76. The summed E-state index contributed by atoms with van der Waals surface area (Å²) < 4.78 is 30.2. The lowest BCUT2D eigenvalue weighted by molar-refractivity contribution is -0.119. The number of hydrogen-bond acceptors (Lipinski definition) is 2. The SMILES string of the molecule is O=C1N(c2cccc(OC(F)F)c2)c2ccc(Br)cc2C12CC2. The topological polar surface area (TPSA) is 29.5 Å². The minimum absolute atomic E-state index is 0.000188. The van der Waals surface area contributed by atoms with Gasteiger partial charge in [0, 0.05) is 10.5 Å². The third-order valence-corrected chi connectivity index (χ3v) is 4.87. The molecule has 4 rings (SSSR count). The van der Waals surface area contributed by atoms with E-state index in [1.165, 1.54) is 12.1 Å². The van der Waals surface area contributed by atoms with Crippen molar-refractivity contribution in [2.75, 3.05) is 4.90 Å². The van der Waals surface area contributed by atoms with E-state index >= 15 is 0 Å². The molecule has 0 bridgehead atoms. The van der Waals surface area contributed by atoms with Crippen molar-refractivity contribution in [3.05, 3.63) is 52.5 Å². The minimum atomic E-state index is -2.89. The van der Waals surface area contributed by atoms with Gasteiger partial charge in [0.15, 0.2) is 0 Å². The van der Waals surface area contributed by atoms with Crippen LogP contribution in [-0.4, -0.2) is 12.5 Å². The molecule has 2 aliphatic rings. The van der Waals surface area contributed by atoms with Gasteiger partial charge in [0.2, 0.25) is 5.91 Å². The molecule has 2 aromatic rings. The molecule has 0 atom stereocenters. The van der Waals surface area contributed by atoms with Crippen LogP contribution in [0.3, 0.4) is 0 Å². The van der Waals surface area contributed by atoms with E-state index in [4.69, 9.17) is 0 Å². The molecule has 0 aromatic heterocycles. The van der Waals surface area contributed by atoms with Crippen LogP contribution in [0.4, 0.5) is 20.2 Å². The van der Waals surface area contributed by atoms with Gasteiger partial charge in [0.25, 0.3) is 0 Å². The zero-order valence-corrected chi connectivity index (χ0v) is 13.5. The van der Waals surface area contributed by atoms with E-state index in [2.05, 4.69) is 20.7 Å². The van der Waals surface area contributed by atoms with Gasteiger partial charge >= 0.3 is 6.61 Å². The lowest BCUT2D eigenvalue weighted by atomic mass is 9.98. The smallest absolute Gasteiger partial charge is 0.387 e. The Hall–Kier alpha value is -1.95. The summed E-state index contributed by atoms with van der Waals surface area (Å²) in [5.74, 6) is 0.0421. The van der Waals surface area contributed by atoms with E-state index in [-0.39, 0.29) is 11.7 Å². The number of carbonyl (C=O) groups excluding carboxylic acids is 1. The van der Waals surface area contributed by atoms with Gasteiger partial charge in [-0.25, -0.2) is 0 Å². The molecular weight excluding hydrogens is 368 g/mol. The third-order valence-electron chi connectivity index (χ3n) is 4.38. The molecule has 0 unspecified atom stereocenters. The molecule has 118 valence electrons. The van der Waals surface area contributed by atoms with Crippen molar-refractivity contribution in [2.45, 2.75) is 24.9 Å². The molecule has 2 aromatic carbocycles. The number of nitrogens with zero attached hydrogens (tertiary/aromatic N) is 1. The normalized spacial score (nSPS) is 17.7. The Balaban J connectivity index is 1.80. The average Bonchev–Trinajstić information content (AvgIpc) is 3.26. The van der Waals surface area contributed by atoms with Gasteiger partial charge < -0.3 is 4.74 Å². The summed E-state index contributed by atoms with van der Waals surface area (Å²) in [4.78, 5) is 14.5. The van der Waals surface area contributed by atoms with Gasteiger partial charge in [-0.2, -0.15) is 8.78 Å². The van der Waals surface area contributed by atoms with Gasteiger partial charge in [-0.3, -0.25) is 9.69 Å². The molecule has 0 N–H and O–H groups in total. The summed E-state index contributed by atoms with van der Waals surface area (Å²) in [6.45, 7) is -2.89. The van der Waals surface area contributed by atoms with Crippen LogP contribution in [0.25, 0.3) is 0 Å². The van der Waals surface area contributed by atoms with Crippen LogP contribution < -0.4 is 9.64 Å². The average molecular weight is 380 g/mol. The Morgan fingerprint density at radius 1 is 1.17 bits per heavy atom. The Labute approximate surface area is 140 Å². The van der Waals surface area contributed by atoms with E-state index < -0.39 is 12.0 Å². The van der Waals surface area contributed by atoms with Crippen LogP contribution in [0.2, 0.25) is 0 Å². The number of hydrogen-bond donors (Lipinski definition) is 0. The van der Waals surface area contributed by atoms with Crippen molar-refractivity contribution in [3.63, 3.8) is 0 Å². The van der Waals surface area contributed by atoms with Crippen molar-refractivity contribution >= 4 is 33.2 Å². The summed E-state index contributed by atoms with van der Waals surface area (Å²) in [5.41, 5.74) is 1.90. The Kier molecular flexibility index (Phi) is 3.20. The van der Waals surface area contributed by atoms with Crippen LogP contribution >= 0.6 is 15.9 Å².